The van der Waals surface area contributed by atoms with Crippen LogP contribution in [0, 0.1) is 0 Å². The molecule has 2 heterocycles. The van der Waals surface area contributed by atoms with E-state index in [4.69, 9.17) is 19.2 Å². The molecule has 0 radical (unpaired) electrons. The molecule has 1 fully saturated rings. The minimum atomic E-state index is -0.00877. The van der Waals surface area contributed by atoms with Crippen LogP contribution in [0.3, 0.4) is 0 Å². The lowest BCUT2D eigenvalue weighted by atomic mass is 10.0. The van der Waals surface area contributed by atoms with Crippen molar-refractivity contribution in [2.75, 3.05) is 46.6 Å². The number of fused-ring (bicyclic) bond motifs is 5. The van der Waals surface area contributed by atoms with Gasteiger partial charge >= 0.3 is 0 Å². The van der Waals surface area contributed by atoms with Gasteiger partial charge < -0.3 is 14.2 Å². The van der Waals surface area contributed by atoms with Crippen molar-refractivity contribution in [2.24, 2.45) is 0 Å². The fraction of sp³-hybridized carbons (Fsp3) is 0.304. The summed E-state index contributed by atoms with van der Waals surface area (Å²) in [7, 11) is 1.60. The molecule has 148 valence electrons. The van der Waals surface area contributed by atoms with Gasteiger partial charge in [0, 0.05) is 36.1 Å². The predicted molar refractivity (Wildman–Crippen MR) is 110 cm³/mol. The number of methoxy groups -OCH3 is 1. The molecule has 1 aliphatic carbocycles. The molecule has 0 saturated carbocycles. The van der Waals surface area contributed by atoms with Crippen molar-refractivity contribution in [1.82, 2.24) is 9.88 Å². The van der Waals surface area contributed by atoms with E-state index in [0.29, 0.717) is 29.4 Å². The van der Waals surface area contributed by atoms with E-state index in [1.165, 1.54) is 0 Å². The van der Waals surface area contributed by atoms with Crippen LogP contribution in [0.4, 0.5) is 0 Å². The molecule has 0 atom stereocenters. The highest BCUT2D eigenvalue weighted by Gasteiger charge is 2.33. The van der Waals surface area contributed by atoms with Crippen molar-refractivity contribution in [2.45, 2.75) is 0 Å². The van der Waals surface area contributed by atoms with Crippen molar-refractivity contribution in [3.63, 3.8) is 0 Å². The van der Waals surface area contributed by atoms with Gasteiger partial charge in [-0.25, -0.2) is 4.98 Å². The number of hydrogen-bond donors (Lipinski definition) is 0. The van der Waals surface area contributed by atoms with Crippen LogP contribution in [0.1, 0.15) is 15.9 Å². The maximum Gasteiger partial charge on any atom is 0.222 e. The standard InChI is InChI=1S/C23H22N2O4/c1-27-15-6-7-16-18(14-15)22(26)20-17-4-2-3-5-19(17)24-23(21(16)20)29-13-10-25-8-11-28-12-9-25/h2-7,14H,8-13H2,1H3. The number of hydrogen-bond acceptors (Lipinski definition) is 6. The summed E-state index contributed by atoms with van der Waals surface area (Å²) in [4.78, 5) is 20.4. The minimum absolute atomic E-state index is 0.00877. The number of benzene rings is 2. The number of carbonyl (C=O) groups is 1. The number of morpholine rings is 1. The SMILES string of the molecule is COc1ccc2c(c1)C(=O)c1c-2c(OCCN2CCOCC2)nc2ccccc12. The Labute approximate surface area is 169 Å². The second-order valence-electron chi connectivity index (χ2n) is 7.23. The molecule has 0 spiro atoms. The molecular formula is C23H22N2O4. The molecule has 5 rings (SSSR count). The summed E-state index contributed by atoms with van der Waals surface area (Å²) in [6, 6.07) is 13.3. The topological polar surface area (TPSA) is 60.9 Å². The molecule has 0 amide bonds. The summed E-state index contributed by atoms with van der Waals surface area (Å²) in [5.41, 5.74) is 3.70. The Morgan fingerprint density at radius 3 is 2.72 bits per heavy atom. The Morgan fingerprint density at radius 1 is 1.07 bits per heavy atom. The van der Waals surface area contributed by atoms with Crippen molar-refractivity contribution in [3.8, 4) is 22.8 Å². The number of pyridine rings is 1. The van der Waals surface area contributed by atoms with Gasteiger partial charge in [0.05, 0.1) is 31.4 Å². The van der Waals surface area contributed by atoms with E-state index in [0.717, 1.165) is 54.9 Å². The Balaban J connectivity index is 1.55. The van der Waals surface area contributed by atoms with Gasteiger partial charge in [0.15, 0.2) is 5.78 Å². The van der Waals surface area contributed by atoms with Gasteiger partial charge in [-0.05, 0) is 29.8 Å². The van der Waals surface area contributed by atoms with Gasteiger partial charge in [0.25, 0.3) is 0 Å². The van der Waals surface area contributed by atoms with Crippen LogP contribution in [0.15, 0.2) is 42.5 Å². The molecule has 1 aromatic heterocycles. The first-order valence-electron chi connectivity index (χ1n) is 9.85. The van der Waals surface area contributed by atoms with E-state index in [2.05, 4.69) is 4.90 Å². The van der Waals surface area contributed by atoms with Crippen LogP contribution < -0.4 is 9.47 Å². The minimum Gasteiger partial charge on any atom is -0.497 e. The second-order valence-corrected chi connectivity index (χ2v) is 7.23. The first-order chi connectivity index (χ1) is 14.3. The van der Waals surface area contributed by atoms with Gasteiger partial charge in [-0.2, -0.15) is 0 Å². The largest absolute Gasteiger partial charge is 0.497 e. The second kappa shape index (κ2) is 7.46. The third-order valence-electron chi connectivity index (χ3n) is 5.58. The Morgan fingerprint density at radius 2 is 1.90 bits per heavy atom. The summed E-state index contributed by atoms with van der Waals surface area (Å²) in [6.45, 7) is 4.65. The van der Waals surface area contributed by atoms with Crippen molar-refractivity contribution < 1.29 is 19.0 Å². The normalized spacial score (nSPS) is 16.0. The quantitative estimate of drug-likeness (QED) is 0.522. The Bertz CT molecular complexity index is 1090. The summed E-state index contributed by atoms with van der Waals surface area (Å²) in [6.07, 6.45) is 0. The molecule has 29 heavy (non-hydrogen) atoms. The molecule has 2 aromatic carbocycles. The van der Waals surface area contributed by atoms with Gasteiger partial charge in [-0.1, -0.05) is 18.2 Å². The van der Waals surface area contributed by atoms with E-state index in [-0.39, 0.29) is 5.78 Å². The Hall–Kier alpha value is -2.96. The number of nitrogens with zero attached hydrogens (tertiary/aromatic N) is 2. The van der Waals surface area contributed by atoms with Gasteiger partial charge in [-0.15, -0.1) is 0 Å². The van der Waals surface area contributed by atoms with E-state index in [1.54, 1.807) is 13.2 Å². The number of para-hydroxylation sites is 1. The molecule has 0 bridgehead atoms. The predicted octanol–water partition coefficient (Wildman–Crippen LogP) is 3.17. The number of ketones is 1. The van der Waals surface area contributed by atoms with Crippen LogP contribution in [-0.4, -0.2) is 62.2 Å². The van der Waals surface area contributed by atoms with Gasteiger partial charge in [-0.3, -0.25) is 9.69 Å². The van der Waals surface area contributed by atoms with Crippen LogP contribution >= 0.6 is 0 Å². The molecule has 1 aliphatic heterocycles. The van der Waals surface area contributed by atoms with E-state index in [9.17, 15) is 4.79 Å². The molecule has 0 N–H and O–H groups in total. The number of aromatic nitrogens is 1. The molecule has 6 nitrogen and oxygen atoms in total. The fourth-order valence-electron chi connectivity index (χ4n) is 4.07. The molecule has 2 aliphatic rings. The van der Waals surface area contributed by atoms with Gasteiger partial charge in [0.1, 0.15) is 12.4 Å². The third kappa shape index (κ3) is 3.14. The average Bonchev–Trinajstić information content (AvgIpc) is 3.07. The monoisotopic (exact) mass is 390 g/mol. The molecule has 1 saturated heterocycles. The smallest absolute Gasteiger partial charge is 0.222 e. The van der Waals surface area contributed by atoms with Crippen molar-refractivity contribution in [1.29, 1.82) is 0 Å². The van der Waals surface area contributed by atoms with E-state index in [1.807, 2.05) is 36.4 Å². The third-order valence-corrected chi connectivity index (χ3v) is 5.58. The highest BCUT2D eigenvalue weighted by molar-refractivity contribution is 6.28. The van der Waals surface area contributed by atoms with Crippen molar-refractivity contribution >= 4 is 16.7 Å². The highest BCUT2D eigenvalue weighted by atomic mass is 16.5. The van der Waals surface area contributed by atoms with Crippen LogP contribution in [0.25, 0.3) is 22.0 Å². The maximum absolute atomic E-state index is 13.3. The average molecular weight is 390 g/mol. The summed E-state index contributed by atoms with van der Waals surface area (Å²) < 4.78 is 16.9. The highest BCUT2D eigenvalue weighted by Crippen LogP contribution is 2.45. The summed E-state index contributed by atoms with van der Waals surface area (Å²) in [5.74, 6) is 1.17. The zero-order valence-electron chi connectivity index (χ0n) is 16.3. The first kappa shape index (κ1) is 18.1. The maximum atomic E-state index is 13.3. The number of ether oxygens (including phenoxy) is 3. The lowest BCUT2D eigenvalue weighted by molar-refractivity contribution is 0.0320. The molecular weight excluding hydrogens is 368 g/mol. The first-order valence-corrected chi connectivity index (χ1v) is 9.85. The number of carbonyl (C=O) groups excluding carboxylic acids is 1. The molecule has 0 unspecified atom stereocenters. The van der Waals surface area contributed by atoms with E-state index < -0.39 is 0 Å². The lowest BCUT2D eigenvalue weighted by Gasteiger charge is -2.26. The molecule has 6 heteroatoms. The van der Waals surface area contributed by atoms with Crippen LogP contribution in [-0.2, 0) is 4.74 Å². The Kier molecular flexibility index (Phi) is 4.66. The lowest BCUT2D eigenvalue weighted by Crippen LogP contribution is -2.38. The zero-order valence-corrected chi connectivity index (χ0v) is 16.3. The van der Waals surface area contributed by atoms with Crippen LogP contribution in [0.5, 0.6) is 11.6 Å². The zero-order chi connectivity index (χ0) is 19.8. The van der Waals surface area contributed by atoms with E-state index >= 15 is 0 Å². The summed E-state index contributed by atoms with van der Waals surface area (Å²) >= 11 is 0. The molecule has 3 aromatic rings. The fourth-order valence-corrected chi connectivity index (χ4v) is 4.07. The van der Waals surface area contributed by atoms with Crippen molar-refractivity contribution in [3.05, 3.63) is 53.6 Å². The number of rotatable bonds is 5. The van der Waals surface area contributed by atoms with Crippen LogP contribution in [0.2, 0.25) is 0 Å². The van der Waals surface area contributed by atoms with Gasteiger partial charge in [0.2, 0.25) is 5.88 Å². The summed E-state index contributed by atoms with van der Waals surface area (Å²) in [5, 5.41) is 0.850.